The number of hydrogen-bond acceptors (Lipinski definition) is 3. The highest BCUT2D eigenvalue weighted by Crippen LogP contribution is 2.24. The Bertz CT molecular complexity index is 342. The molecule has 0 fully saturated rings. The van der Waals surface area contributed by atoms with Gasteiger partial charge in [0.05, 0.1) is 0 Å². The number of thioether (sulfide) groups is 1. The number of rotatable bonds is 8. The smallest absolute Gasteiger partial charge is 0.136 e. The van der Waals surface area contributed by atoms with Gasteiger partial charge in [0, 0.05) is 16.7 Å². The number of nitrogens with one attached hydrogen (secondary N) is 1. The molecule has 102 valence electrons. The van der Waals surface area contributed by atoms with Crippen LogP contribution in [0.1, 0.15) is 33.1 Å². The highest BCUT2D eigenvalue weighted by molar-refractivity contribution is 7.99. The summed E-state index contributed by atoms with van der Waals surface area (Å²) >= 11 is 1.53. The third kappa shape index (κ3) is 4.96. The molecule has 3 N–H and O–H groups in total. The highest BCUT2D eigenvalue weighted by atomic mass is 32.2. The van der Waals surface area contributed by atoms with Gasteiger partial charge in [0.1, 0.15) is 5.82 Å². The molecule has 1 rings (SSSR count). The molecule has 0 aliphatic rings. The van der Waals surface area contributed by atoms with Crippen LogP contribution in [0.5, 0.6) is 0 Å². The summed E-state index contributed by atoms with van der Waals surface area (Å²) in [6, 6.07) is 7.11. The largest absolute Gasteiger partial charge is 0.271 e. The Morgan fingerprint density at radius 2 is 1.94 bits per heavy atom. The summed E-state index contributed by atoms with van der Waals surface area (Å²) < 4.78 is 13.5. The molecule has 0 bridgehead atoms. The minimum absolute atomic E-state index is 0.152. The van der Waals surface area contributed by atoms with E-state index in [2.05, 4.69) is 19.3 Å². The van der Waals surface area contributed by atoms with Gasteiger partial charge >= 0.3 is 0 Å². The monoisotopic (exact) mass is 270 g/mol. The van der Waals surface area contributed by atoms with Crippen LogP contribution >= 0.6 is 11.8 Å². The molecule has 0 aliphatic carbocycles. The predicted octanol–water partition coefficient (Wildman–Crippen LogP) is 3.58. The molecule has 0 radical (unpaired) electrons. The molecule has 0 heterocycles. The first kappa shape index (κ1) is 15.5. The molecule has 0 saturated carbocycles. The van der Waals surface area contributed by atoms with E-state index < -0.39 is 0 Å². The molecule has 1 aromatic rings. The normalized spacial score (nSPS) is 12.9. The van der Waals surface area contributed by atoms with E-state index in [1.807, 2.05) is 12.1 Å². The van der Waals surface area contributed by atoms with Crippen LogP contribution in [-0.2, 0) is 0 Å². The molecule has 1 aromatic carbocycles. The molecule has 4 heteroatoms. The van der Waals surface area contributed by atoms with Crippen LogP contribution in [0.15, 0.2) is 29.2 Å². The van der Waals surface area contributed by atoms with Crippen LogP contribution in [-0.4, -0.2) is 11.8 Å². The maximum absolute atomic E-state index is 13.5. The fourth-order valence-corrected chi connectivity index (χ4v) is 2.95. The lowest BCUT2D eigenvalue weighted by Crippen LogP contribution is -2.38. The molecule has 0 aliphatic heterocycles. The average Bonchev–Trinajstić information content (AvgIpc) is 2.41. The second kappa shape index (κ2) is 8.51. The summed E-state index contributed by atoms with van der Waals surface area (Å²) in [6.45, 7) is 4.40. The Kier molecular flexibility index (Phi) is 7.32. The quantitative estimate of drug-likeness (QED) is 0.431. The second-order valence-corrected chi connectivity index (χ2v) is 5.59. The molecular formula is C14H23FN2S. The number of halogens is 1. The second-order valence-electron chi connectivity index (χ2n) is 4.52. The lowest BCUT2D eigenvalue weighted by molar-refractivity contribution is 0.387. The summed E-state index contributed by atoms with van der Waals surface area (Å²) in [4.78, 5) is 0.697. The Balaban J connectivity index is 2.47. The Morgan fingerprint density at radius 3 is 2.50 bits per heavy atom. The van der Waals surface area contributed by atoms with Crippen molar-refractivity contribution in [3.05, 3.63) is 30.1 Å². The van der Waals surface area contributed by atoms with Crippen LogP contribution < -0.4 is 11.3 Å². The lowest BCUT2D eigenvalue weighted by atomic mass is 9.96. The van der Waals surface area contributed by atoms with Crippen molar-refractivity contribution < 1.29 is 4.39 Å². The number of hydrazine groups is 1. The van der Waals surface area contributed by atoms with E-state index in [1.165, 1.54) is 30.7 Å². The lowest BCUT2D eigenvalue weighted by Gasteiger charge is -2.21. The maximum Gasteiger partial charge on any atom is 0.136 e. The molecule has 0 amide bonds. The molecule has 18 heavy (non-hydrogen) atoms. The third-order valence-corrected chi connectivity index (χ3v) is 4.50. The molecule has 1 atom stereocenters. The molecule has 0 aromatic heterocycles. The van der Waals surface area contributed by atoms with E-state index in [9.17, 15) is 4.39 Å². The zero-order valence-electron chi connectivity index (χ0n) is 11.2. The summed E-state index contributed by atoms with van der Waals surface area (Å²) in [5.41, 5.74) is 2.85. The van der Waals surface area contributed by atoms with Crippen molar-refractivity contribution >= 4 is 11.8 Å². The standard InChI is InChI=1S/C14H23FN2S/c1-3-11(4-2)9-12(17-16)10-18-14-8-6-5-7-13(14)15/h5-8,11-12,17H,3-4,9-10,16H2,1-2H3. The van der Waals surface area contributed by atoms with Gasteiger partial charge in [-0.3, -0.25) is 11.3 Å². The van der Waals surface area contributed by atoms with Gasteiger partial charge in [0.15, 0.2) is 0 Å². The number of nitrogens with two attached hydrogens (primary N) is 1. The molecular weight excluding hydrogens is 247 g/mol. The third-order valence-electron chi connectivity index (χ3n) is 3.28. The van der Waals surface area contributed by atoms with Crippen molar-refractivity contribution in [1.82, 2.24) is 5.43 Å². The van der Waals surface area contributed by atoms with Gasteiger partial charge < -0.3 is 0 Å². The van der Waals surface area contributed by atoms with Gasteiger partial charge in [0.25, 0.3) is 0 Å². The molecule has 1 unspecified atom stereocenters. The van der Waals surface area contributed by atoms with Gasteiger partial charge in [-0.25, -0.2) is 4.39 Å². The minimum atomic E-state index is -0.152. The first-order valence-corrected chi connectivity index (χ1v) is 7.53. The summed E-state index contributed by atoms with van der Waals surface area (Å²) in [7, 11) is 0. The van der Waals surface area contributed by atoms with E-state index in [-0.39, 0.29) is 11.9 Å². The first-order chi connectivity index (χ1) is 8.71. The van der Waals surface area contributed by atoms with Crippen LogP contribution in [0.2, 0.25) is 0 Å². The zero-order chi connectivity index (χ0) is 13.4. The number of hydrogen-bond donors (Lipinski definition) is 2. The predicted molar refractivity (Wildman–Crippen MR) is 76.9 cm³/mol. The summed E-state index contributed by atoms with van der Waals surface area (Å²) in [5, 5.41) is 0. The van der Waals surface area contributed by atoms with E-state index in [1.54, 1.807) is 6.07 Å². The van der Waals surface area contributed by atoms with Crippen molar-refractivity contribution in [2.75, 3.05) is 5.75 Å². The van der Waals surface area contributed by atoms with E-state index in [4.69, 9.17) is 5.84 Å². The highest BCUT2D eigenvalue weighted by Gasteiger charge is 2.14. The minimum Gasteiger partial charge on any atom is -0.271 e. The van der Waals surface area contributed by atoms with Crippen LogP contribution in [0.4, 0.5) is 4.39 Å². The SMILES string of the molecule is CCC(CC)CC(CSc1ccccc1F)NN. The summed E-state index contributed by atoms with van der Waals surface area (Å²) in [5.74, 6) is 6.91. The first-order valence-electron chi connectivity index (χ1n) is 6.54. The Hall–Kier alpha value is -0.580. The molecule has 2 nitrogen and oxygen atoms in total. The Labute approximate surface area is 113 Å². The van der Waals surface area contributed by atoms with Crippen molar-refractivity contribution in [2.45, 2.75) is 44.0 Å². The van der Waals surface area contributed by atoms with E-state index in [0.29, 0.717) is 10.8 Å². The molecule has 0 saturated heterocycles. The van der Waals surface area contributed by atoms with E-state index >= 15 is 0 Å². The van der Waals surface area contributed by atoms with Gasteiger partial charge in [-0.1, -0.05) is 38.8 Å². The van der Waals surface area contributed by atoms with Crippen molar-refractivity contribution in [3.8, 4) is 0 Å². The fraction of sp³-hybridized carbons (Fsp3) is 0.571. The van der Waals surface area contributed by atoms with Crippen LogP contribution in [0.25, 0.3) is 0 Å². The summed E-state index contributed by atoms with van der Waals surface area (Å²) in [6.07, 6.45) is 3.38. The fourth-order valence-electron chi connectivity index (χ4n) is 1.96. The van der Waals surface area contributed by atoms with Crippen molar-refractivity contribution in [1.29, 1.82) is 0 Å². The zero-order valence-corrected chi connectivity index (χ0v) is 12.0. The van der Waals surface area contributed by atoms with Gasteiger partial charge in [0.2, 0.25) is 0 Å². The number of benzene rings is 1. The van der Waals surface area contributed by atoms with Gasteiger partial charge in [-0.05, 0) is 24.5 Å². The van der Waals surface area contributed by atoms with Gasteiger partial charge in [-0.2, -0.15) is 0 Å². The van der Waals surface area contributed by atoms with Crippen molar-refractivity contribution in [2.24, 2.45) is 11.8 Å². The van der Waals surface area contributed by atoms with E-state index in [0.717, 1.165) is 12.2 Å². The van der Waals surface area contributed by atoms with Crippen LogP contribution in [0.3, 0.4) is 0 Å². The van der Waals surface area contributed by atoms with Crippen LogP contribution in [0, 0.1) is 11.7 Å². The maximum atomic E-state index is 13.5. The topological polar surface area (TPSA) is 38.0 Å². The van der Waals surface area contributed by atoms with Gasteiger partial charge in [-0.15, -0.1) is 11.8 Å². The van der Waals surface area contributed by atoms with Crippen molar-refractivity contribution in [3.63, 3.8) is 0 Å². The average molecular weight is 270 g/mol. The molecule has 0 spiro atoms. The Morgan fingerprint density at radius 1 is 1.28 bits per heavy atom.